The maximum atomic E-state index is 13.9. The molecule has 1 atom stereocenters. The molecule has 1 unspecified atom stereocenters. The van der Waals surface area contributed by atoms with Gasteiger partial charge in [0.05, 0.1) is 11.0 Å². The first-order chi connectivity index (χ1) is 11.3. The summed E-state index contributed by atoms with van der Waals surface area (Å²) in [4.78, 5) is 4.13. The number of fused-ring (bicyclic) bond motifs is 1. The Labute approximate surface area is 137 Å². The molecule has 0 bridgehead atoms. The molecule has 2 aromatic carbocycles. The molecule has 0 radical (unpaired) electrons. The van der Waals surface area contributed by atoms with Gasteiger partial charge in [-0.1, -0.05) is 36.4 Å². The molecule has 0 amide bonds. The zero-order valence-corrected chi connectivity index (χ0v) is 13.3. The number of hydrogen-bond acceptors (Lipinski definition) is 2. The van der Waals surface area contributed by atoms with Crippen LogP contribution < -0.4 is 0 Å². The van der Waals surface area contributed by atoms with Crippen molar-refractivity contribution in [3.8, 4) is 0 Å². The molecule has 0 aliphatic rings. The van der Waals surface area contributed by atoms with Gasteiger partial charge in [-0.15, -0.1) is 0 Å². The van der Waals surface area contributed by atoms with E-state index in [0.29, 0.717) is 11.0 Å². The Balaban J connectivity index is 2.36. The molecule has 0 saturated carbocycles. The number of aryl methyl sites for hydroxylation is 2. The van der Waals surface area contributed by atoms with Crippen molar-refractivity contribution in [1.29, 1.82) is 0 Å². The third-order valence-electron chi connectivity index (χ3n) is 4.15. The predicted octanol–water partition coefficient (Wildman–Crippen LogP) is 4.16. The van der Waals surface area contributed by atoms with Gasteiger partial charge in [0.25, 0.3) is 0 Å². The monoisotopic (exact) mass is 334 g/mol. The van der Waals surface area contributed by atoms with E-state index in [-0.39, 0.29) is 12.1 Å². The lowest BCUT2D eigenvalue weighted by atomic mass is 9.92. The SMILES string of the molecule is CCn1c(C(O)(c2ccccc2)C(F)(F)F)nc2ccc(C)cc21. The number of halogens is 3. The van der Waals surface area contributed by atoms with Crippen molar-refractivity contribution >= 4 is 11.0 Å². The molecule has 0 saturated heterocycles. The molecule has 1 N–H and O–H groups in total. The van der Waals surface area contributed by atoms with Crippen molar-refractivity contribution in [3.05, 3.63) is 65.5 Å². The summed E-state index contributed by atoms with van der Waals surface area (Å²) in [6.45, 7) is 3.86. The van der Waals surface area contributed by atoms with Gasteiger partial charge in [-0.25, -0.2) is 4.98 Å². The fourth-order valence-corrected chi connectivity index (χ4v) is 2.93. The van der Waals surface area contributed by atoms with E-state index in [1.807, 2.05) is 6.92 Å². The molecule has 24 heavy (non-hydrogen) atoms. The topological polar surface area (TPSA) is 38.0 Å². The smallest absolute Gasteiger partial charge is 0.370 e. The number of nitrogens with zero attached hydrogens (tertiary/aromatic N) is 2. The number of alkyl halides is 3. The van der Waals surface area contributed by atoms with Crippen LogP contribution in [0.25, 0.3) is 11.0 Å². The fraction of sp³-hybridized carbons (Fsp3) is 0.278. The number of aromatic nitrogens is 2. The Morgan fingerprint density at radius 2 is 1.75 bits per heavy atom. The highest BCUT2D eigenvalue weighted by Crippen LogP contribution is 2.44. The van der Waals surface area contributed by atoms with Gasteiger partial charge < -0.3 is 9.67 Å². The van der Waals surface area contributed by atoms with E-state index >= 15 is 0 Å². The van der Waals surface area contributed by atoms with E-state index in [1.165, 1.54) is 28.8 Å². The van der Waals surface area contributed by atoms with Gasteiger partial charge in [0.1, 0.15) is 0 Å². The molecule has 3 nitrogen and oxygen atoms in total. The first-order valence-corrected chi connectivity index (χ1v) is 7.61. The van der Waals surface area contributed by atoms with E-state index < -0.39 is 17.6 Å². The molecule has 0 aliphatic carbocycles. The van der Waals surface area contributed by atoms with Crippen LogP contribution in [0.15, 0.2) is 48.5 Å². The minimum atomic E-state index is -4.91. The summed E-state index contributed by atoms with van der Waals surface area (Å²) in [5, 5.41) is 10.8. The van der Waals surface area contributed by atoms with Crippen LogP contribution in [0.1, 0.15) is 23.9 Å². The molecule has 126 valence electrons. The van der Waals surface area contributed by atoms with Gasteiger partial charge in [0.2, 0.25) is 5.60 Å². The Hall–Kier alpha value is -2.34. The normalized spacial score (nSPS) is 14.8. The molecular weight excluding hydrogens is 317 g/mol. The minimum absolute atomic E-state index is 0.251. The van der Waals surface area contributed by atoms with Gasteiger partial charge in [-0.2, -0.15) is 13.2 Å². The summed E-state index contributed by atoms with van der Waals surface area (Å²) in [5.41, 5.74) is -1.50. The Kier molecular flexibility index (Phi) is 3.87. The Morgan fingerprint density at radius 3 is 2.33 bits per heavy atom. The molecule has 3 rings (SSSR count). The number of rotatable bonds is 3. The van der Waals surface area contributed by atoms with E-state index in [0.717, 1.165) is 5.56 Å². The summed E-state index contributed by atoms with van der Waals surface area (Å²) in [5.74, 6) is -0.413. The third-order valence-corrected chi connectivity index (χ3v) is 4.15. The quantitative estimate of drug-likeness (QED) is 0.781. The van der Waals surface area contributed by atoms with Crippen LogP contribution in [0, 0.1) is 6.92 Å². The summed E-state index contributed by atoms with van der Waals surface area (Å²) in [6.07, 6.45) is -4.91. The second-order valence-corrected chi connectivity index (χ2v) is 5.75. The van der Waals surface area contributed by atoms with E-state index in [9.17, 15) is 18.3 Å². The largest absolute Gasteiger partial charge is 0.428 e. The van der Waals surface area contributed by atoms with E-state index in [2.05, 4.69) is 4.98 Å². The van der Waals surface area contributed by atoms with Crippen molar-refractivity contribution < 1.29 is 18.3 Å². The average Bonchev–Trinajstić information content (AvgIpc) is 2.91. The zero-order chi connectivity index (χ0) is 17.5. The number of imidazole rings is 1. The summed E-state index contributed by atoms with van der Waals surface area (Å²) >= 11 is 0. The molecule has 0 fully saturated rings. The van der Waals surface area contributed by atoms with Crippen molar-refractivity contribution in [2.75, 3.05) is 0 Å². The van der Waals surface area contributed by atoms with E-state index in [4.69, 9.17) is 0 Å². The predicted molar refractivity (Wildman–Crippen MR) is 85.6 cm³/mol. The van der Waals surface area contributed by atoms with Crippen molar-refractivity contribution in [2.24, 2.45) is 0 Å². The molecule has 3 aromatic rings. The first-order valence-electron chi connectivity index (χ1n) is 7.61. The molecule has 0 spiro atoms. The van der Waals surface area contributed by atoms with Gasteiger partial charge in [-0.3, -0.25) is 0 Å². The highest BCUT2D eigenvalue weighted by molar-refractivity contribution is 5.77. The number of benzene rings is 2. The van der Waals surface area contributed by atoms with Gasteiger partial charge >= 0.3 is 6.18 Å². The second-order valence-electron chi connectivity index (χ2n) is 5.75. The van der Waals surface area contributed by atoms with Crippen LogP contribution in [0.4, 0.5) is 13.2 Å². The molecule has 1 heterocycles. The van der Waals surface area contributed by atoms with Crippen LogP contribution in [0.5, 0.6) is 0 Å². The Bertz CT molecular complexity index is 871. The second kappa shape index (κ2) is 5.63. The zero-order valence-electron chi connectivity index (χ0n) is 13.3. The highest BCUT2D eigenvalue weighted by Gasteiger charge is 2.59. The van der Waals surface area contributed by atoms with Crippen molar-refractivity contribution in [1.82, 2.24) is 9.55 Å². The third kappa shape index (κ3) is 2.38. The van der Waals surface area contributed by atoms with Crippen LogP contribution in [0.2, 0.25) is 0 Å². The maximum absolute atomic E-state index is 13.9. The standard InChI is InChI=1S/C18H17F3N2O/c1-3-23-15-11-12(2)9-10-14(15)22-16(23)17(24,18(19,20)21)13-7-5-4-6-8-13/h4-11,24H,3H2,1-2H3. The van der Waals surface area contributed by atoms with Crippen LogP contribution in [-0.2, 0) is 12.1 Å². The molecule has 6 heteroatoms. The number of hydrogen-bond donors (Lipinski definition) is 1. The maximum Gasteiger partial charge on any atom is 0.428 e. The van der Waals surface area contributed by atoms with Crippen LogP contribution in [-0.4, -0.2) is 20.8 Å². The lowest BCUT2D eigenvalue weighted by Gasteiger charge is -2.30. The van der Waals surface area contributed by atoms with Crippen LogP contribution in [0.3, 0.4) is 0 Å². The van der Waals surface area contributed by atoms with Gasteiger partial charge in [0, 0.05) is 12.1 Å². The van der Waals surface area contributed by atoms with Crippen molar-refractivity contribution in [2.45, 2.75) is 32.2 Å². The molecular formula is C18H17F3N2O. The van der Waals surface area contributed by atoms with Crippen molar-refractivity contribution in [3.63, 3.8) is 0 Å². The lowest BCUT2D eigenvalue weighted by molar-refractivity contribution is -0.252. The average molecular weight is 334 g/mol. The summed E-state index contributed by atoms with van der Waals surface area (Å²) in [7, 11) is 0. The van der Waals surface area contributed by atoms with Gasteiger partial charge in [0.15, 0.2) is 5.82 Å². The summed E-state index contributed by atoms with van der Waals surface area (Å²) < 4.78 is 43.1. The first kappa shape index (κ1) is 16.5. The Morgan fingerprint density at radius 1 is 1.08 bits per heavy atom. The number of aliphatic hydroxyl groups is 1. The van der Waals surface area contributed by atoms with E-state index in [1.54, 1.807) is 31.2 Å². The van der Waals surface area contributed by atoms with Gasteiger partial charge in [-0.05, 0) is 31.5 Å². The fourth-order valence-electron chi connectivity index (χ4n) is 2.93. The van der Waals surface area contributed by atoms with Crippen LogP contribution >= 0.6 is 0 Å². The molecule has 1 aromatic heterocycles. The minimum Gasteiger partial charge on any atom is -0.370 e. The summed E-state index contributed by atoms with van der Waals surface area (Å²) in [6, 6.07) is 12.3. The lowest BCUT2D eigenvalue weighted by Crippen LogP contribution is -2.45. The molecule has 0 aliphatic heterocycles. The highest BCUT2D eigenvalue weighted by atomic mass is 19.4.